The second-order valence-electron chi connectivity index (χ2n) is 1.34. The van der Waals surface area contributed by atoms with Crippen molar-refractivity contribution < 1.29 is 278 Å². The van der Waals surface area contributed by atoms with Crippen LogP contribution in [0.2, 0.25) is 0 Å². The van der Waals surface area contributed by atoms with E-state index in [9.17, 15) is 0 Å². The molecule has 0 unspecified atom stereocenters. The summed E-state index contributed by atoms with van der Waals surface area (Å²) in [5, 5.41) is 0. The summed E-state index contributed by atoms with van der Waals surface area (Å²) < 4.78 is 25.6. The van der Waals surface area contributed by atoms with Crippen molar-refractivity contribution in [3.63, 3.8) is 0 Å². The summed E-state index contributed by atoms with van der Waals surface area (Å²) in [6.45, 7) is 0. The Hall–Kier alpha value is 6.96. The molecule has 0 saturated carbocycles. The van der Waals surface area contributed by atoms with E-state index in [0.717, 1.165) is 0 Å². The predicted octanol–water partition coefficient (Wildman–Crippen LogP) is -8.83. The molecular formula is Nd5O15P3. The van der Waals surface area contributed by atoms with Gasteiger partial charge in [-0.25, -0.2) is 0 Å². The Morgan fingerprint density at radius 2 is 0.348 bits per heavy atom. The first-order valence-corrected chi connectivity index (χ1v) is 6.57. The van der Waals surface area contributed by atoms with Crippen LogP contribution in [-0.4, -0.2) is 0 Å². The summed E-state index contributed by atoms with van der Waals surface area (Å²) >= 11 is 0. The van der Waals surface area contributed by atoms with Crippen molar-refractivity contribution in [2.45, 2.75) is 0 Å². The van der Waals surface area contributed by atoms with E-state index in [1.54, 1.807) is 0 Å². The second-order valence-corrected chi connectivity index (χ2v) is 4.02. The number of hydrogen-bond acceptors (Lipinski definition) is 12. The van der Waals surface area contributed by atoms with Gasteiger partial charge in [-0.15, -0.1) is 0 Å². The fourth-order valence-corrected chi connectivity index (χ4v) is 0. The van der Waals surface area contributed by atoms with Crippen LogP contribution in [0, 0.1) is 204 Å². The van der Waals surface area contributed by atoms with Crippen molar-refractivity contribution in [2.75, 3.05) is 0 Å². The third-order valence-electron chi connectivity index (χ3n) is 0. The average molecular weight is 1050 g/mol. The van der Waals surface area contributed by atoms with Crippen molar-refractivity contribution in [3.05, 3.63) is 0 Å². The van der Waals surface area contributed by atoms with Crippen LogP contribution in [0.5, 0.6) is 0 Å². The Bertz CT molecular complexity index is 215. The van der Waals surface area contributed by atoms with Crippen LogP contribution in [0.25, 0.3) is 0 Å². The first kappa shape index (κ1) is 69.9. The molecule has 125 valence electrons. The molecule has 0 aromatic heterocycles. The third-order valence-corrected chi connectivity index (χ3v) is 0. The van der Waals surface area contributed by atoms with Gasteiger partial charge in [0.25, 0.3) is 0 Å². The van der Waals surface area contributed by atoms with Gasteiger partial charge < -0.3 is 74.2 Å². The number of rotatable bonds is 0. The van der Waals surface area contributed by atoms with Gasteiger partial charge in [-0.1, -0.05) is 0 Å². The SMILES string of the molecule is O=P([O-])([O-])[O-].O=P([O-])([O-])[O-].O=P([O-])([O-])[O-].[Nd+3].[Nd+3].[Nd+3].[Nd+3].[Nd+3].[O-2].[O-2].[O-2]. The first-order chi connectivity index (χ1) is 6.00. The van der Waals surface area contributed by atoms with Gasteiger partial charge in [0.2, 0.25) is 0 Å². The zero-order valence-electron chi connectivity index (χ0n) is 9.97. The molecule has 0 fully saturated rings. The van der Waals surface area contributed by atoms with E-state index >= 15 is 0 Å². The first-order valence-electron chi connectivity index (χ1n) is 2.19. The largest absolute Gasteiger partial charge is 3.00 e. The molecule has 23 heteroatoms. The van der Waals surface area contributed by atoms with E-state index in [1.165, 1.54) is 0 Å². The van der Waals surface area contributed by atoms with Gasteiger partial charge >= 0.3 is 204 Å². The van der Waals surface area contributed by atoms with Crippen molar-refractivity contribution in [3.8, 4) is 0 Å². The van der Waals surface area contributed by atoms with E-state index in [4.69, 9.17) is 57.7 Å². The Balaban J connectivity index is -0.00000000889. The van der Waals surface area contributed by atoms with Crippen LogP contribution in [0.3, 0.4) is 0 Å². The molecule has 0 N–H and O–H groups in total. The minimum atomic E-state index is -5.39. The third kappa shape index (κ3) is 434. The van der Waals surface area contributed by atoms with Crippen LogP contribution in [0.15, 0.2) is 0 Å². The van der Waals surface area contributed by atoms with Crippen LogP contribution >= 0.6 is 23.5 Å². The molecule has 23 heavy (non-hydrogen) atoms. The Morgan fingerprint density at radius 1 is 0.348 bits per heavy atom. The number of hydrogen-bond donors (Lipinski definition) is 0. The van der Waals surface area contributed by atoms with Gasteiger partial charge in [-0.3, -0.25) is 0 Å². The molecule has 15 nitrogen and oxygen atoms in total. The maximum absolute atomic E-state index is 8.55. The van der Waals surface area contributed by atoms with E-state index in [2.05, 4.69) is 0 Å². The minimum Gasteiger partial charge on any atom is -2.00 e. The standard InChI is InChI=1S/5Nd.3H3O4P.3O/c;;;;;3*1-5(2,3)4;;;/h;;;;;3*(H3,1,2,3,4);;;/q5*+3;;;;3*-2/p-9. The summed E-state index contributed by atoms with van der Waals surface area (Å²) in [4.78, 5) is 76.9. The van der Waals surface area contributed by atoms with E-state index in [0.29, 0.717) is 0 Å². The fraction of sp³-hybridized carbons (Fsp3) is 0. The van der Waals surface area contributed by atoms with Gasteiger partial charge in [0.1, 0.15) is 0 Å². The summed E-state index contributed by atoms with van der Waals surface area (Å²) in [6, 6.07) is 0. The molecule has 0 bridgehead atoms. The molecule has 0 aliphatic rings. The summed E-state index contributed by atoms with van der Waals surface area (Å²) in [5.41, 5.74) is 0. The summed E-state index contributed by atoms with van der Waals surface area (Å²) in [6.07, 6.45) is 0. The zero-order valence-corrected chi connectivity index (χ0v) is 28.7. The zero-order chi connectivity index (χ0) is 13.5. The van der Waals surface area contributed by atoms with Crippen molar-refractivity contribution in [1.29, 1.82) is 0 Å². The van der Waals surface area contributed by atoms with Crippen LogP contribution in [-0.2, 0) is 30.1 Å². The van der Waals surface area contributed by atoms with Crippen molar-refractivity contribution in [2.24, 2.45) is 0 Å². The minimum absolute atomic E-state index is 0. The normalized spacial score (nSPS) is 7.70. The average Bonchev–Trinajstić information content (AvgIpc) is 1.41. The Kier molecular flexibility index (Phi) is 110. The van der Waals surface area contributed by atoms with Gasteiger partial charge in [0.05, 0.1) is 0 Å². The van der Waals surface area contributed by atoms with Gasteiger partial charge in [0.15, 0.2) is 0 Å². The fourth-order valence-electron chi connectivity index (χ4n) is 0. The van der Waals surface area contributed by atoms with Crippen LogP contribution in [0.4, 0.5) is 0 Å². The number of phosphoric acid groups is 3. The molecule has 0 saturated heterocycles. The maximum Gasteiger partial charge on any atom is 3.00 e. The second kappa shape index (κ2) is 36.3. The van der Waals surface area contributed by atoms with E-state index in [1.807, 2.05) is 0 Å². The van der Waals surface area contributed by atoms with Crippen molar-refractivity contribution >= 4 is 23.5 Å². The van der Waals surface area contributed by atoms with Crippen LogP contribution < -0.4 is 44.0 Å². The van der Waals surface area contributed by atoms with Gasteiger partial charge in [-0.05, 0) is 0 Å². The van der Waals surface area contributed by atoms with Crippen LogP contribution in [0.1, 0.15) is 0 Å². The molecule has 0 rings (SSSR count). The Labute approximate surface area is 294 Å². The monoisotopic (exact) mass is 1040 g/mol. The Morgan fingerprint density at radius 3 is 0.348 bits per heavy atom. The predicted molar refractivity (Wildman–Crippen MR) is 24.9 cm³/mol. The molecule has 0 aliphatic carbocycles. The molecule has 0 spiro atoms. The summed E-state index contributed by atoms with van der Waals surface area (Å²) in [7, 11) is -16.2. The maximum atomic E-state index is 8.55. The quantitative estimate of drug-likeness (QED) is 0.204. The molecule has 0 heterocycles. The topological polar surface area (TPSA) is 344 Å². The molecule has 0 aromatic carbocycles. The molecule has 0 aliphatic heterocycles. The van der Waals surface area contributed by atoms with E-state index in [-0.39, 0.29) is 221 Å². The summed E-state index contributed by atoms with van der Waals surface area (Å²) in [5.74, 6) is 0. The van der Waals surface area contributed by atoms with E-state index < -0.39 is 23.5 Å². The van der Waals surface area contributed by atoms with Gasteiger partial charge in [-0.2, -0.15) is 23.5 Å². The molecule has 5 radical (unpaired) electrons. The van der Waals surface area contributed by atoms with Gasteiger partial charge in [0, 0.05) is 0 Å². The smallest absolute Gasteiger partial charge is 2.00 e. The molecule has 0 atom stereocenters. The molecular weight excluding hydrogens is 1050 g/mol. The molecule has 0 amide bonds. The molecule has 0 aromatic rings. The van der Waals surface area contributed by atoms with Crippen molar-refractivity contribution in [1.82, 2.24) is 0 Å².